The summed E-state index contributed by atoms with van der Waals surface area (Å²) < 4.78 is 34.5. The first kappa shape index (κ1) is 20.5. The molecule has 4 rings (SSSR count). The quantitative estimate of drug-likeness (QED) is 0.472. The molecule has 1 aliphatic heterocycles. The largest absolute Gasteiger partial charge is 0.351 e. The van der Waals surface area contributed by atoms with Crippen LogP contribution in [0.5, 0.6) is 0 Å². The minimum absolute atomic E-state index is 0.0338. The maximum absolute atomic E-state index is 13.5. The zero-order chi connectivity index (χ0) is 22.2. The molecular weight excluding hydrogens is 428 g/mol. The number of hydrogen-bond acceptors (Lipinski definition) is 7. The standard InChI is InChI=1S/C19H16N4O7S/c24-17-9-10-20-19(25)22(17)18-11-21(16-4-2-1-3-13(16)12-30-18)31(28,29)15-7-5-14(6-8-15)23(26)27/h1-10,18H,11-12H2,(H,20,25). The number of hydrogen-bond donors (Lipinski definition) is 1. The second-order valence-corrected chi connectivity index (χ2v) is 8.53. The third-order valence-corrected chi connectivity index (χ3v) is 6.62. The zero-order valence-corrected chi connectivity index (χ0v) is 16.7. The molecule has 2 aromatic carbocycles. The molecule has 11 nitrogen and oxygen atoms in total. The number of anilines is 1. The molecule has 12 heteroatoms. The molecule has 1 atom stereocenters. The van der Waals surface area contributed by atoms with Crippen LogP contribution < -0.4 is 15.6 Å². The van der Waals surface area contributed by atoms with E-state index in [1.165, 1.54) is 6.20 Å². The number of nitro benzene ring substituents is 1. The molecule has 160 valence electrons. The Kier molecular flexibility index (Phi) is 5.17. The Bertz CT molecular complexity index is 1330. The van der Waals surface area contributed by atoms with E-state index < -0.39 is 32.4 Å². The van der Waals surface area contributed by atoms with E-state index in [0.717, 1.165) is 39.2 Å². The van der Waals surface area contributed by atoms with Gasteiger partial charge in [0.15, 0.2) is 6.23 Å². The number of non-ortho nitro benzene ring substituents is 1. The fraction of sp³-hybridized carbons (Fsp3) is 0.158. The highest BCUT2D eigenvalue weighted by atomic mass is 32.2. The van der Waals surface area contributed by atoms with Crippen LogP contribution in [0.3, 0.4) is 0 Å². The van der Waals surface area contributed by atoms with Gasteiger partial charge >= 0.3 is 5.69 Å². The Morgan fingerprint density at radius 1 is 1.06 bits per heavy atom. The summed E-state index contributed by atoms with van der Waals surface area (Å²) in [5.41, 5.74) is -0.776. The van der Waals surface area contributed by atoms with Gasteiger partial charge in [-0.3, -0.25) is 19.2 Å². The summed E-state index contributed by atoms with van der Waals surface area (Å²) in [4.78, 5) is 37.0. The summed E-state index contributed by atoms with van der Waals surface area (Å²) in [5.74, 6) is 0. The van der Waals surface area contributed by atoms with Crippen LogP contribution in [0.4, 0.5) is 11.4 Å². The predicted octanol–water partition coefficient (Wildman–Crippen LogP) is 1.37. The van der Waals surface area contributed by atoms with Crippen LogP contribution in [-0.2, 0) is 21.4 Å². The summed E-state index contributed by atoms with van der Waals surface area (Å²) in [7, 11) is -4.20. The number of nitro groups is 1. The number of fused-ring (bicyclic) bond motifs is 1. The van der Waals surface area contributed by atoms with Gasteiger partial charge in [0.05, 0.1) is 28.7 Å². The topological polar surface area (TPSA) is 145 Å². The molecule has 0 bridgehead atoms. The van der Waals surface area contributed by atoms with Gasteiger partial charge in [-0.1, -0.05) is 18.2 Å². The number of sulfonamides is 1. The van der Waals surface area contributed by atoms with Crippen molar-refractivity contribution in [2.75, 3.05) is 10.8 Å². The van der Waals surface area contributed by atoms with Gasteiger partial charge in [0.25, 0.3) is 21.3 Å². The fourth-order valence-corrected chi connectivity index (χ4v) is 4.81. The lowest BCUT2D eigenvalue weighted by Crippen LogP contribution is -2.44. The normalized spacial score (nSPS) is 16.4. The maximum Gasteiger partial charge on any atom is 0.330 e. The molecular formula is C19H16N4O7S. The van der Waals surface area contributed by atoms with Crippen LogP contribution in [0.15, 0.2) is 75.3 Å². The summed E-state index contributed by atoms with van der Waals surface area (Å²) in [5, 5.41) is 10.9. The average Bonchev–Trinajstić information content (AvgIpc) is 2.94. The second-order valence-electron chi connectivity index (χ2n) is 6.67. The number of aromatic nitrogens is 2. The van der Waals surface area contributed by atoms with Crippen LogP contribution in [-0.4, -0.2) is 29.4 Å². The lowest BCUT2D eigenvalue weighted by Gasteiger charge is -2.27. The number of ether oxygens (including phenoxy) is 1. The Morgan fingerprint density at radius 3 is 2.45 bits per heavy atom. The van der Waals surface area contributed by atoms with E-state index in [1.54, 1.807) is 24.3 Å². The molecule has 0 amide bonds. The van der Waals surface area contributed by atoms with Crippen molar-refractivity contribution in [1.29, 1.82) is 0 Å². The lowest BCUT2D eigenvalue weighted by atomic mass is 10.2. The third kappa shape index (κ3) is 3.73. The Morgan fingerprint density at radius 2 is 1.77 bits per heavy atom. The molecule has 0 saturated heterocycles. The molecule has 3 aromatic rings. The number of aromatic amines is 1. The van der Waals surface area contributed by atoms with Crippen LogP contribution in [0.2, 0.25) is 0 Å². The summed E-state index contributed by atoms with van der Waals surface area (Å²) in [6.07, 6.45) is -0.00414. The highest BCUT2D eigenvalue weighted by Crippen LogP contribution is 2.33. The molecule has 1 aliphatic rings. The third-order valence-electron chi connectivity index (χ3n) is 4.83. The molecule has 31 heavy (non-hydrogen) atoms. The van der Waals surface area contributed by atoms with E-state index in [4.69, 9.17) is 4.74 Å². The Balaban J connectivity index is 1.83. The summed E-state index contributed by atoms with van der Waals surface area (Å²) in [6.45, 7) is -0.392. The minimum Gasteiger partial charge on any atom is -0.351 e. The fourth-order valence-electron chi connectivity index (χ4n) is 3.31. The molecule has 0 spiro atoms. The van der Waals surface area contributed by atoms with Crippen molar-refractivity contribution in [3.05, 3.63) is 97.3 Å². The molecule has 1 aromatic heterocycles. The van der Waals surface area contributed by atoms with Crippen LogP contribution in [0, 0.1) is 10.1 Å². The van der Waals surface area contributed by atoms with E-state index in [0.29, 0.717) is 11.3 Å². The SMILES string of the molecule is O=c1cc[nH]c(=O)n1C1CN(S(=O)(=O)c2ccc([N+](=O)[O-])cc2)c2ccccc2CO1. The van der Waals surface area contributed by atoms with Gasteiger partial charge in [-0.15, -0.1) is 0 Å². The van der Waals surface area contributed by atoms with Crippen molar-refractivity contribution in [2.24, 2.45) is 0 Å². The second kappa shape index (κ2) is 7.81. The van der Waals surface area contributed by atoms with Crippen molar-refractivity contribution in [1.82, 2.24) is 9.55 Å². The monoisotopic (exact) mass is 444 g/mol. The first-order valence-electron chi connectivity index (χ1n) is 9.06. The van der Waals surface area contributed by atoms with E-state index in [1.807, 2.05) is 0 Å². The zero-order valence-electron chi connectivity index (χ0n) is 15.9. The first-order valence-corrected chi connectivity index (χ1v) is 10.5. The van der Waals surface area contributed by atoms with Gasteiger partial charge in [-0.05, 0) is 18.2 Å². The average molecular weight is 444 g/mol. The summed E-state index contributed by atoms with van der Waals surface area (Å²) in [6, 6.07) is 12.2. The molecule has 1 N–H and O–H groups in total. The predicted molar refractivity (Wildman–Crippen MR) is 109 cm³/mol. The molecule has 0 saturated carbocycles. The van der Waals surface area contributed by atoms with Crippen molar-refractivity contribution in [3.63, 3.8) is 0 Å². The van der Waals surface area contributed by atoms with Gasteiger partial charge in [-0.25, -0.2) is 17.8 Å². The van der Waals surface area contributed by atoms with Gasteiger partial charge in [0.2, 0.25) is 0 Å². The van der Waals surface area contributed by atoms with Crippen LogP contribution in [0.25, 0.3) is 0 Å². The lowest BCUT2D eigenvalue weighted by molar-refractivity contribution is -0.384. The van der Waals surface area contributed by atoms with Crippen molar-refractivity contribution < 1.29 is 18.1 Å². The van der Waals surface area contributed by atoms with E-state index in [-0.39, 0.29) is 23.7 Å². The minimum atomic E-state index is -4.20. The molecule has 2 heterocycles. The Labute approximate surface area is 175 Å². The number of H-pyrrole nitrogens is 1. The van der Waals surface area contributed by atoms with Gasteiger partial charge in [0, 0.05) is 30.0 Å². The highest BCUT2D eigenvalue weighted by molar-refractivity contribution is 7.92. The number of benzene rings is 2. The molecule has 0 radical (unpaired) electrons. The van der Waals surface area contributed by atoms with Crippen molar-refractivity contribution in [3.8, 4) is 0 Å². The number of rotatable bonds is 4. The van der Waals surface area contributed by atoms with Crippen molar-refractivity contribution in [2.45, 2.75) is 17.7 Å². The van der Waals surface area contributed by atoms with Gasteiger partial charge < -0.3 is 9.72 Å². The molecule has 1 unspecified atom stereocenters. The molecule has 0 fully saturated rings. The van der Waals surface area contributed by atoms with Crippen LogP contribution >= 0.6 is 0 Å². The number of para-hydroxylation sites is 1. The van der Waals surface area contributed by atoms with E-state index in [9.17, 15) is 28.1 Å². The maximum atomic E-state index is 13.5. The number of nitrogens with one attached hydrogen (secondary N) is 1. The van der Waals surface area contributed by atoms with E-state index >= 15 is 0 Å². The van der Waals surface area contributed by atoms with Crippen LogP contribution in [0.1, 0.15) is 11.8 Å². The smallest absolute Gasteiger partial charge is 0.330 e. The molecule has 0 aliphatic carbocycles. The number of nitrogens with zero attached hydrogens (tertiary/aromatic N) is 3. The highest BCUT2D eigenvalue weighted by Gasteiger charge is 2.33. The Hall–Kier alpha value is -3.77. The summed E-state index contributed by atoms with van der Waals surface area (Å²) >= 11 is 0. The van der Waals surface area contributed by atoms with Gasteiger partial charge in [0.1, 0.15) is 0 Å². The van der Waals surface area contributed by atoms with Crippen molar-refractivity contribution >= 4 is 21.4 Å². The van der Waals surface area contributed by atoms with E-state index in [2.05, 4.69) is 4.98 Å². The van der Waals surface area contributed by atoms with Gasteiger partial charge in [-0.2, -0.15) is 0 Å². The first-order chi connectivity index (χ1) is 14.8.